The Balaban J connectivity index is 1.54. The third-order valence-corrected chi connectivity index (χ3v) is 4.01. The number of benzene rings is 1. The molecule has 3 aromatic rings. The highest BCUT2D eigenvalue weighted by Crippen LogP contribution is 2.21. The largest absolute Gasteiger partial charge is 0.410 e. The Kier molecular flexibility index (Phi) is 5.20. The first-order valence-corrected chi connectivity index (χ1v) is 8.39. The number of carbonyl (C=O) groups is 2. The fourth-order valence-electron chi connectivity index (χ4n) is 1.97. The zero-order valence-electron chi connectivity index (χ0n) is 13.3. The Bertz CT molecular complexity index is 878. The molecule has 1 aromatic carbocycles. The lowest BCUT2D eigenvalue weighted by Crippen LogP contribution is -2.14. The van der Waals surface area contributed by atoms with Crippen LogP contribution >= 0.6 is 11.8 Å². The topological polar surface area (TPSA) is 98.0 Å². The van der Waals surface area contributed by atoms with Crippen LogP contribution in [-0.4, -0.2) is 32.6 Å². The quantitative estimate of drug-likeness (QED) is 0.536. The second-order valence-corrected chi connectivity index (χ2v) is 5.99. The molecular formula is C17H14N4O3S. The van der Waals surface area contributed by atoms with Crippen molar-refractivity contribution in [2.45, 2.75) is 12.1 Å². The zero-order chi connectivity index (χ0) is 17.6. The molecule has 0 atom stereocenters. The number of anilines is 1. The maximum absolute atomic E-state index is 12.0. The average molecular weight is 354 g/mol. The van der Waals surface area contributed by atoms with Gasteiger partial charge in [0.1, 0.15) is 5.69 Å². The molecule has 2 heterocycles. The summed E-state index contributed by atoms with van der Waals surface area (Å²) < 4.78 is 5.47. The summed E-state index contributed by atoms with van der Waals surface area (Å²) >= 11 is 1.14. The highest BCUT2D eigenvalue weighted by Gasteiger charge is 2.12. The molecule has 7 nitrogen and oxygen atoms in total. The molecule has 126 valence electrons. The van der Waals surface area contributed by atoms with Gasteiger partial charge in [0.2, 0.25) is 5.91 Å². The van der Waals surface area contributed by atoms with Crippen molar-refractivity contribution in [2.24, 2.45) is 0 Å². The molecule has 0 aliphatic heterocycles. The molecule has 2 aromatic heterocycles. The summed E-state index contributed by atoms with van der Waals surface area (Å²) in [4.78, 5) is 27.3. The molecule has 0 spiro atoms. The molecule has 1 amide bonds. The van der Waals surface area contributed by atoms with Gasteiger partial charge in [-0.25, -0.2) is 0 Å². The van der Waals surface area contributed by atoms with E-state index in [1.54, 1.807) is 42.6 Å². The summed E-state index contributed by atoms with van der Waals surface area (Å²) in [6.45, 7) is 1.49. The number of nitrogens with zero attached hydrogens (tertiary/aromatic N) is 3. The Morgan fingerprint density at radius 1 is 1.12 bits per heavy atom. The van der Waals surface area contributed by atoms with E-state index in [2.05, 4.69) is 20.5 Å². The number of aromatic nitrogens is 3. The van der Waals surface area contributed by atoms with E-state index in [1.807, 2.05) is 6.07 Å². The van der Waals surface area contributed by atoms with Crippen molar-refractivity contribution in [3.8, 4) is 11.6 Å². The van der Waals surface area contributed by atoms with Crippen LogP contribution in [0, 0.1) is 0 Å². The van der Waals surface area contributed by atoms with Crippen LogP contribution in [-0.2, 0) is 4.79 Å². The Labute approximate surface area is 147 Å². The number of Topliss-reactive ketones (excluding diaryl/α,β-unsaturated/α-hetero) is 1. The number of ketones is 1. The average Bonchev–Trinajstić information content (AvgIpc) is 3.10. The smallest absolute Gasteiger partial charge is 0.277 e. The number of carbonyl (C=O) groups excluding carboxylic acids is 2. The van der Waals surface area contributed by atoms with Gasteiger partial charge in [-0.15, -0.1) is 10.2 Å². The Morgan fingerprint density at radius 3 is 2.60 bits per heavy atom. The first-order valence-electron chi connectivity index (χ1n) is 7.40. The van der Waals surface area contributed by atoms with Gasteiger partial charge in [0.15, 0.2) is 5.78 Å². The van der Waals surface area contributed by atoms with Gasteiger partial charge in [0.25, 0.3) is 11.1 Å². The normalized spacial score (nSPS) is 10.4. The standard InChI is InChI=1S/C17H14N4O3S/c1-11(22)12-5-7-13(8-6-12)19-15(23)10-25-17-21-20-16(24-17)14-4-2-3-9-18-14/h2-9H,10H2,1H3,(H,19,23). The van der Waals surface area contributed by atoms with Crippen LogP contribution in [0.1, 0.15) is 17.3 Å². The first-order chi connectivity index (χ1) is 12.1. The molecule has 0 fully saturated rings. The molecule has 0 saturated carbocycles. The van der Waals surface area contributed by atoms with Crippen LogP contribution < -0.4 is 5.32 Å². The van der Waals surface area contributed by atoms with Crippen LogP contribution in [0.4, 0.5) is 5.69 Å². The third kappa shape index (κ3) is 4.51. The van der Waals surface area contributed by atoms with Gasteiger partial charge in [0, 0.05) is 17.4 Å². The van der Waals surface area contributed by atoms with Crippen LogP contribution in [0.3, 0.4) is 0 Å². The second-order valence-electron chi connectivity index (χ2n) is 5.06. The van der Waals surface area contributed by atoms with Gasteiger partial charge in [0.05, 0.1) is 5.75 Å². The number of thioether (sulfide) groups is 1. The molecule has 0 radical (unpaired) electrons. The van der Waals surface area contributed by atoms with E-state index < -0.39 is 0 Å². The summed E-state index contributed by atoms with van der Waals surface area (Å²) in [6, 6.07) is 12.1. The summed E-state index contributed by atoms with van der Waals surface area (Å²) in [5.41, 5.74) is 1.80. The molecule has 0 bridgehead atoms. The van der Waals surface area contributed by atoms with Crippen LogP contribution in [0.15, 0.2) is 58.3 Å². The number of hydrogen-bond donors (Lipinski definition) is 1. The highest BCUT2D eigenvalue weighted by atomic mass is 32.2. The molecule has 0 saturated heterocycles. The van der Waals surface area contributed by atoms with Crippen molar-refractivity contribution in [3.63, 3.8) is 0 Å². The molecule has 3 rings (SSSR count). The Morgan fingerprint density at radius 2 is 1.92 bits per heavy atom. The zero-order valence-corrected chi connectivity index (χ0v) is 14.1. The van der Waals surface area contributed by atoms with Gasteiger partial charge < -0.3 is 9.73 Å². The molecule has 0 aliphatic rings. The lowest BCUT2D eigenvalue weighted by Gasteiger charge is -2.04. The van der Waals surface area contributed by atoms with E-state index in [1.165, 1.54) is 6.92 Å². The molecule has 0 aliphatic carbocycles. The van der Waals surface area contributed by atoms with Crippen LogP contribution in [0.2, 0.25) is 0 Å². The maximum atomic E-state index is 12.0. The van der Waals surface area contributed by atoms with Crippen LogP contribution in [0.5, 0.6) is 0 Å². The van der Waals surface area contributed by atoms with Gasteiger partial charge in [-0.2, -0.15) is 0 Å². The van der Waals surface area contributed by atoms with E-state index in [0.717, 1.165) is 11.8 Å². The Hall–Kier alpha value is -3.00. The molecule has 8 heteroatoms. The number of hydrogen-bond acceptors (Lipinski definition) is 7. The molecule has 0 unspecified atom stereocenters. The monoisotopic (exact) mass is 354 g/mol. The van der Waals surface area contributed by atoms with Crippen molar-refractivity contribution in [1.82, 2.24) is 15.2 Å². The fourth-order valence-corrected chi connectivity index (χ4v) is 2.54. The first kappa shape index (κ1) is 16.8. The summed E-state index contributed by atoms with van der Waals surface area (Å²) in [7, 11) is 0. The third-order valence-electron chi connectivity index (χ3n) is 3.19. The van der Waals surface area contributed by atoms with E-state index in [9.17, 15) is 9.59 Å². The maximum Gasteiger partial charge on any atom is 0.277 e. The van der Waals surface area contributed by atoms with Crippen molar-refractivity contribution in [1.29, 1.82) is 0 Å². The van der Waals surface area contributed by atoms with Gasteiger partial charge in [-0.3, -0.25) is 14.6 Å². The van der Waals surface area contributed by atoms with Crippen LogP contribution in [0.25, 0.3) is 11.6 Å². The summed E-state index contributed by atoms with van der Waals surface area (Å²) in [5.74, 6) is 0.202. The summed E-state index contributed by atoms with van der Waals surface area (Å²) in [6.07, 6.45) is 1.64. The highest BCUT2D eigenvalue weighted by molar-refractivity contribution is 7.99. The fraction of sp³-hybridized carbons (Fsp3) is 0.118. The van der Waals surface area contributed by atoms with E-state index in [4.69, 9.17) is 4.42 Å². The number of pyridine rings is 1. The number of amides is 1. The van der Waals surface area contributed by atoms with Crippen molar-refractivity contribution < 1.29 is 14.0 Å². The van der Waals surface area contributed by atoms with Gasteiger partial charge >= 0.3 is 0 Å². The minimum atomic E-state index is -0.210. The molecular weight excluding hydrogens is 340 g/mol. The predicted molar refractivity (Wildman–Crippen MR) is 93.3 cm³/mol. The van der Waals surface area contributed by atoms with Crippen molar-refractivity contribution >= 4 is 29.1 Å². The minimum Gasteiger partial charge on any atom is -0.410 e. The van der Waals surface area contributed by atoms with E-state index >= 15 is 0 Å². The lowest BCUT2D eigenvalue weighted by atomic mass is 10.1. The molecule has 1 N–H and O–H groups in total. The van der Waals surface area contributed by atoms with Gasteiger partial charge in [-0.05, 0) is 43.3 Å². The lowest BCUT2D eigenvalue weighted by molar-refractivity contribution is -0.113. The van der Waals surface area contributed by atoms with Crippen molar-refractivity contribution in [2.75, 3.05) is 11.1 Å². The van der Waals surface area contributed by atoms with E-state index in [-0.39, 0.29) is 17.4 Å². The minimum absolute atomic E-state index is 0.0199. The number of nitrogens with one attached hydrogen (secondary N) is 1. The summed E-state index contributed by atoms with van der Waals surface area (Å²) in [5, 5.41) is 10.8. The van der Waals surface area contributed by atoms with Gasteiger partial charge in [-0.1, -0.05) is 17.8 Å². The number of rotatable bonds is 6. The predicted octanol–water partition coefficient (Wildman–Crippen LogP) is 3.07. The SMILES string of the molecule is CC(=O)c1ccc(NC(=O)CSc2nnc(-c3ccccn3)o2)cc1. The second kappa shape index (κ2) is 7.71. The van der Waals surface area contributed by atoms with E-state index in [0.29, 0.717) is 28.1 Å². The van der Waals surface area contributed by atoms with Crippen molar-refractivity contribution in [3.05, 3.63) is 54.2 Å². The molecule has 25 heavy (non-hydrogen) atoms.